The van der Waals surface area contributed by atoms with Gasteiger partial charge in [-0.3, -0.25) is 10.1 Å². The molecule has 176 valence electrons. The van der Waals surface area contributed by atoms with Crippen LogP contribution in [0.3, 0.4) is 0 Å². The molecule has 3 aromatic carbocycles. The standard InChI is InChI=1S/C23H20N8O4/c1-35-19-12-8-17(9-13-19)26-22-27-21(25-16-6-10-18(11-7-16)31(33)34)28-23(29-22)30-24-14-15-4-2-3-5-20(15)32/h2-14,32H,1H3,(H3,25,26,27,28,29,30). The average molecular weight is 472 g/mol. The van der Waals surface area contributed by atoms with Gasteiger partial charge in [-0.05, 0) is 48.5 Å². The predicted molar refractivity (Wildman–Crippen MR) is 132 cm³/mol. The first kappa shape index (κ1) is 22.9. The second kappa shape index (κ2) is 10.6. The Morgan fingerprint density at radius 1 is 0.886 bits per heavy atom. The lowest BCUT2D eigenvalue weighted by molar-refractivity contribution is -0.384. The lowest BCUT2D eigenvalue weighted by Gasteiger charge is -2.10. The Morgan fingerprint density at radius 3 is 2.03 bits per heavy atom. The van der Waals surface area contributed by atoms with E-state index in [2.05, 4.69) is 36.1 Å². The van der Waals surface area contributed by atoms with E-state index in [1.807, 2.05) is 0 Å². The number of phenolic OH excluding ortho intramolecular Hbond substituents is 1. The Bertz CT molecular complexity index is 1340. The van der Waals surface area contributed by atoms with Gasteiger partial charge in [0.2, 0.25) is 17.8 Å². The van der Waals surface area contributed by atoms with Crippen molar-refractivity contribution in [1.29, 1.82) is 0 Å². The number of methoxy groups -OCH3 is 1. The molecular formula is C23H20N8O4. The van der Waals surface area contributed by atoms with Crippen LogP contribution in [0.5, 0.6) is 11.5 Å². The summed E-state index contributed by atoms with van der Waals surface area (Å²) in [5, 5.41) is 30.9. The minimum Gasteiger partial charge on any atom is -0.507 e. The van der Waals surface area contributed by atoms with Crippen molar-refractivity contribution in [3.63, 3.8) is 0 Å². The zero-order chi connectivity index (χ0) is 24.6. The van der Waals surface area contributed by atoms with Crippen LogP contribution in [0.4, 0.5) is 34.9 Å². The molecule has 0 aliphatic carbocycles. The molecule has 1 heterocycles. The van der Waals surface area contributed by atoms with E-state index in [4.69, 9.17) is 4.74 Å². The summed E-state index contributed by atoms with van der Waals surface area (Å²) < 4.78 is 5.17. The fourth-order valence-corrected chi connectivity index (χ4v) is 2.89. The van der Waals surface area contributed by atoms with Crippen LogP contribution in [-0.2, 0) is 0 Å². The summed E-state index contributed by atoms with van der Waals surface area (Å²) in [6.45, 7) is 0. The Balaban J connectivity index is 1.58. The fraction of sp³-hybridized carbons (Fsp3) is 0.0435. The number of phenols is 1. The molecule has 0 amide bonds. The zero-order valence-electron chi connectivity index (χ0n) is 18.4. The van der Waals surface area contributed by atoms with Crippen LogP contribution in [0, 0.1) is 10.1 Å². The maximum atomic E-state index is 10.9. The number of non-ortho nitro benzene ring substituents is 1. The molecule has 0 atom stereocenters. The molecule has 0 unspecified atom stereocenters. The summed E-state index contributed by atoms with van der Waals surface area (Å²) >= 11 is 0. The number of rotatable bonds is 9. The summed E-state index contributed by atoms with van der Waals surface area (Å²) in [6, 6.07) is 19.7. The molecule has 0 aliphatic rings. The molecule has 4 N–H and O–H groups in total. The number of hydrogen-bond acceptors (Lipinski definition) is 11. The molecule has 0 radical (unpaired) electrons. The number of nitro groups is 1. The largest absolute Gasteiger partial charge is 0.507 e. The molecule has 0 spiro atoms. The molecule has 0 saturated carbocycles. The van der Waals surface area contributed by atoms with E-state index in [1.165, 1.54) is 18.3 Å². The number of nitrogens with one attached hydrogen (secondary N) is 3. The number of para-hydroxylation sites is 1. The molecule has 4 rings (SSSR count). The van der Waals surface area contributed by atoms with E-state index in [0.717, 1.165) is 0 Å². The average Bonchev–Trinajstić information content (AvgIpc) is 2.86. The third kappa shape index (κ3) is 6.16. The van der Waals surface area contributed by atoms with E-state index in [-0.39, 0.29) is 29.3 Å². The van der Waals surface area contributed by atoms with E-state index < -0.39 is 4.92 Å². The number of aromatic nitrogens is 3. The van der Waals surface area contributed by atoms with Gasteiger partial charge in [0.05, 0.1) is 18.2 Å². The van der Waals surface area contributed by atoms with Crippen molar-refractivity contribution in [2.45, 2.75) is 0 Å². The van der Waals surface area contributed by atoms with Crippen LogP contribution in [-0.4, -0.2) is 38.3 Å². The molecule has 12 nitrogen and oxygen atoms in total. The highest BCUT2D eigenvalue weighted by atomic mass is 16.6. The first-order valence-corrected chi connectivity index (χ1v) is 10.3. The van der Waals surface area contributed by atoms with Gasteiger partial charge in [0.1, 0.15) is 11.5 Å². The van der Waals surface area contributed by atoms with Crippen molar-refractivity contribution in [3.8, 4) is 11.5 Å². The van der Waals surface area contributed by atoms with E-state index in [1.54, 1.807) is 67.8 Å². The first-order valence-electron chi connectivity index (χ1n) is 10.3. The fourth-order valence-electron chi connectivity index (χ4n) is 2.89. The Labute approximate surface area is 199 Å². The Kier molecular flexibility index (Phi) is 6.92. The van der Waals surface area contributed by atoms with Crippen LogP contribution < -0.4 is 20.8 Å². The number of hydrazone groups is 1. The third-order valence-corrected chi connectivity index (χ3v) is 4.62. The third-order valence-electron chi connectivity index (χ3n) is 4.62. The van der Waals surface area contributed by atoms with E-state index >= 15 is 0 Å². The second-order valence-electron chi connectivity index (χ2n) is 7.02. The minimum atomic E-state index is -0.478. The Hall–Kier alpha value is -5.26. The van der Waals surface area contributed by atoms with Crippen molar-refractivity contribution in [2.24, 2.45) is 5.10 Å². The lowest BCUT2D eigenvalue weighted by atomic mass is 10.2. The zero-order valence-corrected chi connectivity index (χ0v) is 18.4. The van der Waals surface area contributed by atoms with Gasteiger partial charge in [-0.1, -0.05) is 12.1 Å². The number of nitrogens with zero attached hydrogens (tertiary/aromatic N) is 5. The van der Waals surface area contributed by atoms with Crippen LogP contribution in [0.1, 0.15) is 5.56 Å². The molecule has 0 fully saturated rings. The van der Waals surface area contributed by atoms with Crippen molar-refractivity contribution in [2.75, 3.05) is 23.2 Å². The molecule has 0 bridgehead atoms. The number of ether oxygens (including phenoxy) is 1. The molecule has 0 aliphatic heterocycles. The predicted octanol–water partition coefficient (Wildman–Crippen LogP) is 4.43. The molecule has 35 heavy (non-hydrogen) atoms. The molecule has 12 heteroatoms. The Morgan fingerprint density at radius 2 is 1.46 bits per heavy atom. The highest BCUT2D eigenvalue weighted by Crippen LogP contribution is 2.22. The van der Waals surface area contributed by atoms with E-state index in [0.29, 0.717) is 22.7 Å². The minimum absolute atomic E-state index is 0.0334. The smallest absolute Gasteiger partial charge is 0.269 e. The second-order valence-corrected chi connectivity index (χ2v) is 7.02. The van der Waals surface area contributed by atoms with Crippen molar-refractivity contribution < 1.29 is 14.8 Å². The van der Waals surface area contributed by atoms with Crippen molar-refractivity contribution in [3.05, 3.63) is 88.5 Å². The summed E-state index contributed by atoms with van der Waals surface area (Å²) in [5.74, 6) is 1.29. The van der Waals surface area contributed by atoms with E-state index in [9.17, 15) is 15.2 Å². The molecular weight excluding hydrogens is 452 g/mol. The van der Waals surface area contributed by atoms with Gasteiger partial charge in [0.25, 0.3) is 5.69 Å². The molecule has 0 saturated heterocycles. The van der Waals surface area contributed by atoms with Gasteiger partial charge in [-0.15, -0.1) is 0 Å². The summed E-state index contributed by atoms with van der Waals surface area (Å²) in [4.78, 5) is 23.4. The SMILES string of the molecule is COc1ccc(Nc2nc(NN=Cc3ccccc3O)nc(Nc3ccc([N+](=O)[O-])cc3)n2)cc1. The highest BCUT2D eigenvalue weighted by Gasteiger charge is 2.09. The monoisotopic (exact) mass is 472 g/mol. The maximum absolute atomic E-state index is 10.9. The van der Waals surface area contributed by atoms with Gasteiger partial charge in [0.15, 0.2) is 0 Å². The number of aromatic hydroxyl groups is 1. The van der Waals surface area contributed by atoms with Crippen LogP contribution in [0.2, 0.25) is 0 Å². The van der Waals surface area contributed by atoms with Gasteiger partial charge < -0.3 is 20.5 Å². The van der Waals surface area contributed by atoms with Crippen LogP contribution >= 0.6 is 0 Å². The maximum Gasteiger partial charge on any atom is 0.269 e. The lowest BCUT2D eigenvalue weighted by Crippen LogP contribution is -2.07. The van der Waals surface area contributed by atoms with Gasteiger partial charge in [-0.2, -0.15) is 20.1 Å². The number of nitro benzene ring substituents is 1. The van der Waals surface area contributed by atoms with Crippen LogP contribution in [0.25, 0.3) is 0 Å². The molecule has 1 aromatic heterocycles. The summed E-state index contributed by atoms with van der Waals surface area (Å²) in [5.41, 5.74) is 4.45. The normalized spacial score (nSPS) is 10.7. The van der Waals surface area contributed by atoms with Crippen LogP contribution in [0.15, 0.2) is 77.9 Å². The number of anilines is 5. The number of hydrogen-bond donors (Lipinski definition) is 4. The molecule has 4 aromatic rings. The summed E-state index contributed by atoms with van der Waals surface area (Å²) in [6.07, 6.45) is 1.43. The first-order chi connectivity index (χ1) is 17.0. The summed E-state index contributed by atoms with van der Waals surface area (Å²) in [7, 11) is 1.58. The van der Waals surface area contributed by atoms with Gasteiger partial charge in [0, 0.05) is 29.1 Å². The number of benzene rings is 3. The topological polar surface area (TPSA) is 160 Å². The van der Waals surface area contributed by atoms with Crippen molar-refractivity contribution >= 4 is 41.1 Å². The highest BCUT2D eigenvalue weighted by molar-refractivity contribution is 5.83. The quantitative estimate of drug-likeness (QED) is 0.156. The van der Waals surface area contributed by atoms with Gasteiger partial charge in [-0.25, -0.2) is 5.43 Å². The van der Waals surface area contributed by atoms with Gasteiger partial charge >= 0.3 is 0 Å². The van der Waals surface area contributed by atoms with Crippen molar-refractivity contribution in [1.82, 2.24) is 15.0 Å².